The Morgan fingerprint density at radius 3 is 2.40 bits per heavy atom. The number of benzene rings is 3. The number of carbonyl (C=O) groups is 5. The highest BCUT2D eigenvalue weighted by Gasteiger charge is 2.43. The lowest BCUT2D eigenvalue weighted by molar-refractivity contribution is -0.135. The first-order valence-electron chi connectivity index (χ1n) is 14.3. The van der Waals surface area contributed by atoms with Crippen molar-refractivity contribution in [2.24, 2.45) is 11.3 Å². The molecule has 220 valence electrons. The van der Waals surface area contributed by atoms with Crippen LogP contribution >= 0.6 is 0 Å². The summed E-state index contributed by atoms with van der Waals surface area (Å²) < 4.78 is 0. The summed E-state index contributed by atoms with van der Waals surface area (Å²) in [5.41, 5.74) is 0.868. The van der Waals surface area contributed by atoms with E-state index in [0.717, 1.165) is 28.3 Å². The van der Waals surface area contributed by atoms with E-state index >= 15 is 0 Å². The normalized spacial score (nSPS) is 16.5. The Morgan fingerprint density at radius 2 is 1.67 bits per heavy atom. The molecule has 0 aromatic heterocycles. The van der Waals surface area contributed by atoms with E-state index in [1.807, 2.05) is 72.8 Å². The molecule has 4 rings (SSSR count). The predicted molar refractivity (Wildman–Crippen MR) is 160 cm³/mol. The van der Waals surface area contributed by atoms with Crippen LogP contribution in [0.1, 0.15) is 37.8 Å². The van der Waals surface area contributed by atoms with Crippen molar-refractivity contribution >= 4 is 40.7 Å². The van der Waals surface area contributed by atoms with Gasteiger partial charge in [-0.1, -0.05) is 86.6 Å². The number of nitrogens with one attached hydrogen (secondary N) is 4. The summed E-state index contributed by atoms with van der Waals surface area (Å²) in [6, 6.07) is 21.0. The second-order valence-electron chi connectivity index (χ2n) is 11.3. The van der Waals surface area contributed by atoms with Gasteiger partial charge in [0, 0.05) is 24.3 Å². The lowest BCUT2D eigenvalue weighted by Gasteiger charge is -2.39. The van der Waals surface area contributed by atoms with Crippen LogP contribution in [-0.4, -0.2) is 55.1 Å². The number of aldehydes is 1. The molecule has 0 unspecified atom stereocenters. The maximum absolute atomic E-state index is 13.4. The predicted octanol–water partition coefficient (Wildman–Crippen LogP) is 2.46. The van der Waals surface area contributed by atoms with E-state index in [0.29, 0.717) is 19.3 Å². The van der Waals surface area contributed by atoms with Gasteiger partial charge in [-0.05, 0) is 34.7 Å². The number of piperidine rings is 1. The highest BCUT2D eigenvalue weighted by Crippen LogP contribution is 2.35. The average Bonchev–Trinajstić information content (AvgIpc) is 2.99. The van der Waals surface area contributed by atoms with Crippen LogP contribution in [0.25, 0.3) is 10.8 Å². The number of rotatable bonds is 12. The number of carbonyl (C=O) groups excluding carboxylic acids is 5. The molecule has 3 aromatic carbocycles. The first-order chi connectivity index (χ1) is 20.2. The smallest absolute Gasteiger partial charge is 0.243 e. The molecule has 1 heterocycles. The summed E-state index contributed by atoms with van der Waals surface area (Å²) in [7, 11) is 0. The Bertz CT molecular complexity index is 1430. The van der Waals surface area contributed by atoms with Crippen LogP contribution in [0.5, 0.6) is 0 Å². The lowest BCUT2D eigenvalue weighted by atomic mass is 9.70. The molecule has 0 spiro atoms. The van der Waals surface area contributed by atoms with Crippen LogP contribution in [0.15, 0.2) is 72.8 Å². The van der Waals surface area contributed by atoms with Gasteiger partial charge in [-0.3, -0.25) is 19.2 Å². The summed E-state index contributed by atoms with van der Waals surface area (Å²) in [4.78, 5) is 63.6. The minimum Gasteiger partial charge on any atom is -0.356 e. The number of hydrogen-bond donors (Lipinski definition) is 4. The molecule has 4 N–H and O–H groups in total. The van der Waals surface area contributed by atoms with Crippen molar-refractivity contribution in [3.05, 3.63) is 83.9 Å². The van der Waals surface area contributed by atoms with E-state index < -0.39 is 41.8 Å². The molecule has 0 aliphatic carbocycles. The standard InChI is InChI=1S/C33H38N4O5/c1-33(2,26-16-9-17-34-31(26)41)28(21-38)37-30(40)20-35-32(42)27(36-29(39)18-22-10-4-3-5-11-22)19-24-14-8-13-23-12-6-7-15-25(23)24/h3-8,10-15,21,26-28H,9,16-20H2,1-2H3,(H,34,41)(H,35,42)(H,36,39)(H,37,40)/t26-,27+,28-/m1/s1. The number of amides is 4. The fraction of sp³-hybridized carbons (Fsp3) is 0.364. The molecule has 9 nitrogen and oxygen atoms in total. The van der Waals surface area contributed by atoms with Gasteiger partial charge in [0.25, 0.3) is 0 Å². The topological polar surface area (TPSA) is 133 Å². The van der Waals surface area contributed by atoms with Gasteiger partial charge < -0.3 is 26.1 Å². The molecule has 0 radical (unpaired) electrons. The molecule has 9 heteroatoms. The summed E-state index contributed by atoms with van der Waals surface area (Å²) in [5.74, 6) is -1.97. The zero-order valence-electron chi connectivity index (χ0n) is 24.0. The molecular formula is C33H38N4O5. The zero-order chi connectivity index (χ0) is 30.1. The highest BCUT2D eigenvalue weighted by molar-refractivity contribution is 5.93. The molecule has 1 aliphatic rings. The maximum atomic E-state index is 13.4. The summed E-state index contributed by atoms with van der Waals surface area (Å²) >= 11 is 0. The molecule has 1 fully saturated rings. The molecule has 0 bridgehead atoms. The van der Waals surface area contributed by atoms with Crippen molar-refractivity contribution in [2.45, 2.75) is 51.6 Å². The molecular weight excluding hydrogens is 532 g/mol. The molecule has 0 saturated carbocycles. The zero-order valence-corrected chi connectivity index (χ0v) is 24.0. The summed E-state index contributed by atoms with van der Waals surface area (Å²) in [5, 5.41) is 13.0. The Hall–Kier alpha value is -4.53. The lowest BCUT2D eigenvalue weighted by Crippen LogP contribution is -2.56. The van der Waals surface area contributed by atoms with E-state index in [1.165, 1.54) is 0 Å². The van der Waals surface area contributed by atoms with Crippen LogP contribution in [0.3, 0.4) is 0 Å². The minimum atomic E-state index is -0.941. The summed E-state index contributed by atoms with van der Waals surface area (Å²) in [6.45, 7) is 3.76. The number of hydrogen-bond acceptors (Lipinski definition) is 5. The SMILES string of the molecule is CC(C)([C@@H]1CCCNC1=O)[C@@H](C=O)NC(=O)CNC(=O)[C@H](Cc1cccc2ccccc12)NC(=O)Cc1ccccc1. The average molecular weight is 571 g/mol. The largest absolute Gasteiger partial charge is 0.356 e. The quantitative estimate of drug-likeness (QED) is 0.248. The third-order valence-corrected chi connectivity index (χ3v) is 8.02. The molecule has 3 atom stereocenters. The molecule has 4 amide bonds. The fourth-order valence-electron chi connectivity index (χ4n) is 5.54. The van der Waals surface area contributed by atoms with Crippen molar-refractivity contribution in [1.29, 1.82) is 0 Å². The van der Waals surface area contributed by atoms with Crippen LogP contribution in [0.4, 0.5) is 0 Å². The van der Waals surface area contributed by atoms with Crippen LogP contribution in [0.2, 0.25) is 0 Å². The molecule has 42 heavy (non-hydrogen) atoms. The van der Waals surface area contributed by atoms with Crippen molar-refractivity contribution in [1.82, 2.24) is 21.3 Å². The summed E-state index contributed by atoms with van der Waals surface area (Å²) in [6.07, 6.45) is 2.37. The van der Waals surface area contributed by atoms with Gasteiger partial charge in [0.15, 0.2) is 0 Å². The van der Waals surface area contributed by atoms with Gasteiger partial charge in [0.05, 0.1) is 19.0 Å². The monoisotopic (exact) mass is 570 g/mol. The van der Waals surface area contributed by atoms with Gasteiger partial charge in [-0.2, -0.15) is 0 Å². The van der Waals surface area contributed by atoms with Gasteiger partial charge in [-0.25, -0.2) is 0 Å². The van der Waals surface area contributed by atoms with E-state index in [-0.39, 0.29) is 24.7 Å². The third kappa shape index (κ3) is 7.60. The van der Waals surface area contributed by atoms with E-state index in [1.54, 1.807) is 13.8 Å². The fourth-order valence-corrected chi connectivity index (χ4v) is 5.54. The minimum absolute atomic E-state index is 0.103. The van der Waals surface area contributed by atoms with Crippen LogP contribution in [-0.2, 0) is 36.8 Å². The first-order valence-corrected chi connectivity index (χ1v) is 14.3. The second kappa shape index (κ2) is 13.9. The van der Waals surface area contributed by atoms with Crippen molar-refractivity contribution in [3.63, 3.8) is 0 Å². The highest BCUT2D eigenvalue weighted by atomic mass is 16.2. The molecule has 1 aliphatic heterocycles. The Balaban J connectivity index is 1.44. The van der Waals surface area contributed by atoms with Gasteiger partial charge in [0.2, 0.25) is 23.6 Å². The number of fused-ring (bicyclic) bond motifs is 1. The maximum Gasteiger partial charge on any atom is 0.243 e. The van der Waals surface area contributed by atoms with Crippen molar-refractivity contribution in [2.75, 3.05) is 13.1 Å². The van der Waals surface area contributed by atoms with Crippen LogP contribution < -0.4 is 21.3 Å². The van der Waals surface area contributed by atoms with Gasteiger partial charge in [-0.15, -0.1) is 0 Å². The van der Waals surface area contributed by atoms with Crippen molar-refractivity contribution < 1.29 is 24.0 Å². The Kier molecular flexibility index (Phi) is 10.1. The van der Waals surface area contributed by atoms with Gasteiger partial charge in [0.1, 0.15) is 12.3 Å². The van der Waals surface area contributed by atoms with E-state index in [4.69, 9.17) is 0 Å². The van der Waals surface area contributed by atoms with Crippen LogP contribution in [0, 0.1) is 11.3 Å². The Morgan fingerprint density at radius 1 is 0.952 bits per heavy atom. The Labute approximate surface area is 245 Å². The van der Waals surface area contributed by atoms with Gasteiger partial charge >= 0.3 is 0 Å². The van der Waals surface area contributed by atoms with Crippen molar-refractivity contribution in [3.8, 4) is 0 Å². The third-order valence-electron chi connectivity index (χ3n) is 8.02. The van der Waals surface area contributed by atoms with E-state index in [2.05, 4.69) is 21.3 Å². The second-order valence-corrected chi connectivity index (χ2v) is 11.3. The molecule has 3 aromatic rings. The first kappa shape index (κ1) is 30.4. The molecule has 1 saturated heterocycles. The van der Waals surface area contributed by atoms with E-state index in [9.17, 15) is 24.0 Å².